The highest BCUT2D eigenvalue weighted by Gasteiger charge is 2.36. The topological polar surface area (TPSA) is 64.3 Å². The van der Waals surface area contributed by atoms with E-state index in [0.29, 0.717) is 18.9 Å². The minimum Gasteiger partial charge on any atom is -0.369 e. The van der Waals surface area contributed by atoms with Crippen molar-refractivity contribution in [3.8, 4) is 0 Å². The molecule has 4 heteroatoms. The smallest absolute Gasteiger partial charge is 0.252 e. The quantitative estimate of drug-likeness (QED) is 0.716. The van der Waals surface area contributed by atoms with Crippen LogP contribution in [0.2, 0.25) is 0 Å². The van der Waals surface area contributed by atoms with Crippen molar-refractivity contribution in [1.82, 2.24) is 5.32 Å². The van der Waals surface area contributed by atoms with Crippen LogP contribution in [0, 0.1) is 5.92 Å². The van der Waals surface area contributed by atoms with Gasteiger partial charge in [0.15, 0.2) is 0 Å². The molecule has 3 N–H and O–H groups in total. The fourth-order valence-corrected chi connectivity index (χ4v) is 1.89. The summed E-state index contributed by atoms with van der Waals surface area (Å²) in [5, 5.41) is 3.03. The molecule has 2 unspecified atom stereocenters. The summed E-state index contributed by atoms with van der Waals surface area (Å²) >= 11 is 0. The molecular weight excluding hydrogens is 216 g/mol. The summed E-state index contributed by atoms with van der Waals surface area (Å²) in [6.45, 7) is 10.4. The summed E-state index contributed by atoms with van der Waals surface area (Å²) in [6.07, 6.45) is 1.50. The standard InChI is InChI=1S/C13H28N2O2/c1-7-13(5,17-6)11(16)15-12(4,9-14)8-10(2)3/h10H,7-9,14H2,1-6H3,(H,15,16). The number of carbonyl (C=O) groups excluding carboxylic acids is 1. The first kappa shape index (κ1) is 16.4. The van der Waals surface area contributed by atoms with Crippen molar-refractivity contribution in [3.05, 3.63) is 0 Å². The van der Waals surface area contributed by atoms with Crippen LogP contribution < -0.4 is 11.1 Å². The molecule has 0 fully saturated rings. The van der Waals surface area contributed by atoms with Gasteiger partial charge in [0.1, 0.15) is 5.60 Å². The van der Waals surface area contributed by atoms with Crippen LogP contribution in [-0.2, 0) is 9.53 Å². The summed E-state index contributed by atoms with van der Waals surface area (Å²) in [5.41, 5.74) is 4.64. The summed E-state index contributed by atoms with van der Waals surface area (Å²) in [7, 11) is 1.56. The van der Waals surface area contributed by atoms with Crippen LogP contribution in [0.15, 0.2) is 0 Å². The number of nitrogens with one attached hydrogen (secondary N) is 1. The molecule has 102 valence electrons. The van der Waals surface area contributed by atoms with E-state index in [1.165, 1.54) is 0 Å². The second-order valence-electron chi connectivity index (χ2n) is 5.61. The maximum atomic E-state index is 12.2. The molecule has 17 heavy (non-hydrogen) atoms. The maximum absolute atomic E-state index is 12.2. The monoisotopic (exact) mass is 244 g/mol. The van der Waals surface area contributed by atoms with Crippen LogP contribution in [0.4, 0.5) is 0 Å². The second-order valence-corrected chi connectivity index (χ2v) is 5.61. The highest BCUT2D eigenvalue weighted by molar-refractivity contribution is 5.85. The van der Waals surface area contributed by atoms with E-state index in [9.17, 15) is 4.79 Å². The molecule has 1 amide bonds. The van der Waals surface area contributed by atoms with Gasteiger partial charge in [-0.1, -0.05) is 20.8 Å². The average Bonchev–Trinajstić information content (AvgIpc) is 2.26. The lowest BCUT2D eigenvalue weighted by atomic mass is 9.89. The number of amides is 1. The van der Waals surface area contributed by atoms with Gasteiger partial charge in [-0.3, -0.25) is 4.79 Å². The van der Waals surface area contributed by atoms with Crippen molar-refractivity contribution >= 4 is 5.91 Å². The Hall–Kier alpha value is -0.610. The molecule has 0 aromatic carbocycles. The third-order valence-electron chi connectivity index (χ3n) is 3.33. The molecule has 0 aliphatic rings. The highest BCUT2D eigenvalue weighted by Crippen LogP contribution is 2.19. The number of hydrogen-bond acceptors (Lipinski definition) is 3. The third-order valence-corrected chi connectivity index (χ3v) is 3.33. The molecule has 0 rings (SSSR count). The van der Waals surface area contributed by atoms with Crippen molar-refractivity contribution in [1.29, 1.82) is 0 Å². The lowest BCUT2D eigenvalue weighted by Gasteiger charge is -2.35. The zero-order chi connectivity index (χ0) is 13.7. The fraction of sp³-hybridized carbons (Fsp3) is 0.923. The van der Waals surface area contributed by atoms with Gasteiger partial charge in [0.2, 0.25) is 0 Å². The predicted molar refractivity (Wildman–Crippen MR) is 70.8 cm³/mol. The zero-order valence-electron chi connectivity index (χ0n) is 12.1. The maximum Gasteiger partial charge on any atom is 0.252 e. The Balaban J connectivity index is 4.73. The Labute approximate surface area is 105 Å². The molecule has 0 spiro atoms. The Morgan fingerprint density at radius 1 is 1.41 bits per heavy atom. The van der Waals surface area contributed by atoms with E-state index in [4.69, 9.17) is 10.5 Å². The number of rotatable bonds is 7. The van der Waals surface area contributed by atoms with E-state index in [2.05, 4.69) is 19.2 Å². The summed E-state index contributed by atoms with van der Waals surface area (Å²) < 4.78 is 5.29. The lowest BCUT2D eigenvalue weighted by Crippen LogP contribution is -2.58. The third kappa shape index (κ3) is 4.64. The zero-order valence-corrected chi connectivity index (χ0v) is 12.1. The van der Waals surface area contributed by atoms with E-state index in [1.807, 2.05) is 13.8 Å². The summed E-state index contributed by atoms with van der Waals surface area (Å²) in [6, 6.07) is 0. The van der Waals surface area contributed by atoms with Gasteiger partial charge in [-0.2, -0.15) is 0 Å². The number of ether oxygens (including phenoxy) is 1. The number of nitrogens with two attached hydrogens (primary N) is 1. The molecule has 2 atom stereocenters. The number of carbonyl (C=O) groups is 1. The van der Waals surface area contributed by atoms with Crippen LogP contribution in [0.1, 0.15) is 47.5 Å². The minimum atomic E-state index is -0.770. The van der Waals surface area contributed by atoms with Gasteiger partial charge >= 0.3 is 0 Å². The molecule has 0 aliphatic heterocycles. The lowest BCUT2D eigenvalue weighted by molar-refractivity contribution is -0.143. The molecule has 0 bridgehead atoms. The van der Waals surface area contributed by atoms with Crippen LogP contribution >= 0.6 is 0 Å². The van der Waals surface area contributed by atoms with E-state index >= 15 is 0 Å². The predicted octanol–water partition coefficient (Wildman–Crippen LogP) is 1.68. The van der Waals surface area contributed by atoms with Crippen molar-refractivity contribution in [2.45, 2.75) is 58.6 Å². The number of methoxy groups -OCH3 is 1. The Kier molecular flexibility index (Phi) is 6.13. The Bertz CT molecular complexity index is 250. The average molecular weight is 244 g/mol. The Morgan fingerprint density at radius 2 is 1.94 bits per heavy atom. The van der Waals surface area contributed by atoms with Gasteiger partial charge in [0.05, 0.1) is 0 Å². The molecule has 0 aromatic heterocycles. The van der Waals surface area contributed by atoms with E-state index in [0.717, 1.165) is 6.42 Å². The number of hydrogen-bond donors (Lipinski definition) is 2. The molecule has 4 nitrogen and oxygen atoms in total. The second kappa shape index (κ2) is 6.36. The van der Waals surface area contributed by atoms with Crippen LogP contribution in [0.5, 0.6) is 0 Å². The molecule has 0 aromatic rings. The summed E-state index contributed by atoms with van der Waals surface area (Å²) in [4.78, 5) is 12.2. The van der Waals surface area contributed by atoms with E-state index in [-0.39, 0.29) is 11.4 Å². The first-order valence-electron chi connectivity index (χ1n) is 6.31. The van der Waals surface area contributed by atoms with Crippen LogP contribution in [0.25, 0.3) is 0 Å². The van der Waals surface area contributed by atoms with Gasteiger partial charge in [-0.25, -0.2) is 0 Å². The van der Waals surface area contributed by atoms with Gasteiger partial charge in [0, 0.05) is 19.2 Å². The SMILES string of the molecule is CCC(C)(OC)C(=O)NC(C)(CN)CC(C)C. The van der Waals surface area contributed by atoms with Crippen molar-refractivity contribution in [2.24, 2.45) is 11.7 Å². The highest BCUT2D eigenvalue weighted by atomic mass is 16.5. The first-order valence-corrected chi connectivity index (χ1v) is 6.31. The molecule has 0 radical (unpaired) electrons. The van der Waals surface area contributed by atoms with Crippen LogP contribution in [0.3, 0.4) is 0 Å². The molecular formula is C13H28N2O2. The molecule has 0 aliphatic carbocycles. The van der Waals surface area contributed by atoms with Gasteiger partial charge < -0.3 is 15.8 Å². The summed E-state index contributed by atoms with van der Waals surface area (Å²) in [5.74, 6) is 0.398. The first-order chi connectivity index (χ1) is 7.73. The normalized spacial score (nSPS) is 18.6. The van der Waals surface area contributed by atoms with Crippen molar-refractivity contribution < 1.29 is 9.53 Å². The van der Waals surface area contributed by atoms with Crippen molar-refractivity contribution in [3.63, 3.8) is 0 Å². The fourth-order valence-electron chi connectivity index (χ4n) is 1.89. The molecule has 0 saturated carbocycles. The van der Waals surface area contributed by atoms with E-state index < -0.39 is 5.60 Å². The van der Waals surface area contributed by atoms with E-state index in [1.54, 1.807) is 14.0 Å². The molecule has 0 saturated heterocycles. The van der Waals surface area contributed by atoms with Gasteiger partial charge in [0.25, 0.3) is 5.91 Å². The van der Waals surface area contributed by atoms with Crippen LogP contribution in [-0.4, -0.2) is 30.7 Å². The van der Waals surface area contributed by atoms with Gasteiger partial charge in [-0.15, -0.1) is 0 Å². The van der Waals surface area contributed by atoms with Crippen molar-refractivity contribution in [2.75, 3.05) is 13.7 Å². The van der Waals surface area contributed by atoms with Gasteiger partial charge in [-0.05, 0) is 32.6 Å². The molecule has 0 heterocycles. The minimum absolute atomic E-state index is 0.0869. The largest absolute Gasteiger partial charge is 0.369 e. The Morgan fingerprint density at radius 3 is 2.24 bits per heavy atom.